The van der Waals surface area contributed by atoms with Crippen LogP contribution in [0.5, 0.6) is 11.5 Å². The zero-order valence-corrected chi connectivity index (χ0v) is 12.0. The molecule has 0 bridgehead atoms. The Bertz CT molecular complexity index is 713. The van der Waals surface area contributed by atoms with E-state index >= 15 is 0 Å². The summed E-state index contributed by atoms with van der Waals surface area (Å²) in [4.78, 5) is 11.0. The Hall–Kier alpha value is -2.64. The summed E-state index contributed by atoms with van der Waals surface area (Å²) < 4.78 is 70.5. The molecule has 0 radical (unpaired) electrons. The van der Waals surface area contributed by atoms with Crippen molar-refractivity contribution >= 4 is 6.29 Å². The van der Waals surface area contributed by atoms with Crippen LogP contribution in [0.4, 0.5) is 22.0 Å². The van der Waals surface area contributed by atoms with Crippen LogP contribution in [0.3, 0.4) is 0 Å². The van der Waals surface area contributed by atoms with Gasteiger partial charge in [0.15, 0.2) is 17.8 Å². The molecule has 3 nitrogen and oxygen atoms in total. The zero-order chi connectivity index (χ0) is 17.7. The van der Waals surface area contributed by atoms with Crippen molar-refractivity contribution < 1.29 is 36.2 Å². The first-order valence-electron chi connectivity index (χ1n) is 6.65. The second-order valence-electron chi connectivity index (χ2n) is 4.62. The van der Waals surface area contributed by atoms with E-state index < -0.39 is 30.9 Å². The van der Waals surface area contributed by atoms with E-state index in [1.165, 1.54) is 18.2 Å². The molecule has 0 N–H and O–H groups in total. The fourth-order valence-corrected chi connectivity index (χ4v) is 2.01. The van der Waals surface area contributed by atoms with Crippen molar-refractivity contribution in [3.8, 4) is 22.6 Å². The quantitative estimate of drug-likeness (QED) is 0.561. The Balaban J connectivity index is 2.44. The number of ether oxygens (including phenoxy) is 2. The van der Waals surface area contributed by atoms with Crippen LogP contribution in [-0.2, 0) is 0 Å². The lowest BCUT2D eigenvalue weighted by Gasteiger charge is -2.15. The summed E-state index contributed by atoms with van der Waals surface area (Å²) in [6.45, 7) is -1.07. The number of rotatable bonds is 6. The number of carbonyl (C=O) groups is 1. The number of benzene rings is 2. The summed E-state index contributed by atoms with van der Waals surface area (Å²) in [7, 11) is 0. The van der Waals surface area contributed by atoms with Crippen molar-refractivity contribution in [2.75, 3.05) is 6.61 Å². The molecule has 0 saturated heterocycles. The molecule has 8 heteroatoms. The van der Waals surface area contributed by atoms with E-state index in [-0.39, 0.29) is 11.1 Å². The molecule has 0 aliphatic rings. The molecule has 0 aliphatic carbocycles. The van der Waals surface area contributed by atoms with Gasteiger partial charge in [0, 0.05) is 5.56 Å². The molecule has 0 spiro atoms. The van der Waals surface area contributed by atoms with Gasteiger partial charge in [0.25, 0.3) is 6.43 Å². The predicted octanol–water partition coefficient (Wildman–Crippen LogP) is 4.71. The van der Waals surface area contributed by atoms with E-state index in [2.05, 4.69) is 9.47 Å². The SMILES string of the molecule is O=Cc1ccccc1-c1ccc(OCC(F)F)c(OC(F)(F)F)c1. The lowest BCUT2D eigenvalue weighted by atomic mass is 10.00. The van der Waals surface area contributed by atoms with Crippen molar-refractivity contribution in [2.45, 2.75) is 12.8 Å². The Morgan fingerprint density at radius 3 is 2.38 bits per heavy atom. The van der Waals surface area contributed by atoms with Gasteiger partial charge >= 0.3 is 6.36 Å². The van der Waals surface area contributed by atoms with Gasteiger partial charge in [-0.2, -0.15) is 0 Å². The fraction of sp³-hybridized carbons (Fsp3) is 0.188. The van der Waals surface area contributed by atoms with Gasteiger partial charge in [0.2, 0.25) is 0 Å². The van der Waals surface area contributed by atoms with Gasteiger partial charge in [-0.25, -0.2) is 8.78 Å². The number of aldehydes is 1. The van der Waals surface area contributed by atoms with E-state index in [0.717, 1.165) is 12.1 Å². The molecule has 0 saturated carbocycles. The highest BCUT2D eigenvalue weighted by molar-refractivity contribution is 5.87. The maximum Gasteiger partial charge on any atom is 0.573 e. The third kappa shape index (κ3) is 4.68. The Morgan fingerprint density at radius 2 is 1.75 bits per heavy atom. The summed E-state index contributed by atoms with van der Waals surface area (Å²) in [5, 5.41) is 0. The highest BCUT2D eigenvalue weighted by Crippen LogP contribution is 2.37. The normalized spacial score (nSPS) is 11.4. The molecule has 24 heavy (non-hydrogen) atoms. The fourth-order valence-electron chi connectivity index (χ4n) is 2.01. The third-order valence-electron chi connectivity index (χ3n) is 2.93. The van der Waals surface area contributed by atoms with Crippen LogP contribution in [0.15, 0.2) is 42.5 Å². The molecule has 0 heterocycles. The molecular formula is C16H11F5O3. The lowest BCUT2D eigenvalue weighted by molar-refractivity contribution is -0.275. The molecule has 128 valence electrons. The second-order valence-corrected chi connectivity index (χ2v) is 4.62. The first-order chi connectivity index (χ1) is 11.3. The number of alkyl halides is 5. The van der Waals surface area contributed by atoms with Gasteiger partial charge in [0.1, 0.15) is 6.61 Å². The Labute approximate surface area is 133 Å². The van der Waals surface area contributed by atoms with Crippen LogP contribution in [-0.4, -0.2) is 25.7 Å². The van der Waals surface area contributed by atoms with Crippen LogP contribution >= 0.6 is 0 Å². The first kappa shape index (κ1) is 17.7. The molecule has 0 aliphatic heterocycles. The largest absolute Gasteiger partial charge is 0.573 e. The van der Waals surface area contributed by atoms with Crippen molar-refractivity contribution in [2.24, 2.45) is 0 Å². The van der Waals surface area contributed by atoms with Gasteiger partial charge in [-0.15, -0.1) is 13.2 Å². The summed E-state index contributed by atoms with van der Waals surface area (Å²) in [6, 6.07) is 9.65. The number of hydrogen-bond donors (Lipinski definition) is 0. The van der Waals surface area contributed by atoms with Crippen LogP contribution in [0, 0.1) is 0 Å². The smallest absolute Gasteiger partial charge is 0.484 e. The molecule has 0 amide bonds. The standard InChI is InChI=1S/C16H11F5O3/c17-15(18)9-23-13-6-5-10(7-14(13)24-16(19,20)21)12-4-2-1-3-11(12)8-22/h1-8,15H,9H2. The molecule has 0 unspecified atom stereocenters. The van der Waals surface area contributed by atoms with Gasteiger partial charge in [0.05, 0.1) is 0 Å². The average Bonchev–Trinajstić information content (AvgIpc) is 2.52. The topological polar surface area (TPSA) is 35.5 Å². The highest BCUT2D eigenvalue weighted by Gasteiger charge is 2.33. The van der Waals surface area contributed by atoms with E-state index in [0.29, 0.717) is 11.8 Å². The van der Waals surface area contributed by atoms with E-state index in [4.69, 9.17) is 0 Å². The lowest BCUT2D eigenvalue weighted by Crippen LogP contribution is -2.18. The van der Waals surface area contributed by atoms with Gasteiger partial charge in [-0.3, -0.25) is 4.79 Å². The molecular weight excluding hydrogens is 335 g/mol. The summed E-state index contributed by atoms with van der Waals surface area (Å²) >= 11 is 0. The average molecular weight is 346 g/mol. The minimum atomic E-state index is -5.02. The first-order valence-corrected chi connectivity index (χ1v) is 6.65. The van der Waals surface area contributed by atoms with E-state index in [9.17, 15) is 26.7 Å². The van der Waals surface area contributed by atoms with Crippen LogP contribution in [0.2, 0.25) is 0 Å². The minimum Gasteiger partial charge on any atom is -0.484 e. The molecule has 0 fully saturated rings. The Kier molecular flexibility index (Phi) is 5.38. The maximum atomic E-state index is 12.5. The summed E-state index contributed by atoms with van der Waals surface area (Å²) in [6.07, 6.45) is -7.31. The second kappa shape index (κ2) is 7.29. The van der Waals surface area contributed by atoms with Gasteiger partial charge in [-0.05, 0) is 23.3 Å². The predicted molar refractivity (Wildman–Crippen MR) is 75.4 cm³/mol. The highest BCUT2D eigenvalue weighted by atomic mass is 19.4. The molecule has 0 aromatic heterocycles. The van der Waals surface area contributed by atoms with Gasteiger partial charge in [-0.1, -0.05) is 30.3 Å². The van der Waals surface area contributed by atoms with Crippen molar-refractivity contribution in [1.82, 2.24) is 0 Å². The molecule has 2 aromatic carbocycles. The monoisotopic (exact) mass is 346 g/mol. The van der Waals surface area contributed by atoms with E-state index in [1.807, 2.05) is 0 Å². The van der Waals surface area contributed by atoms with Crippen molar-refractivity contribution in [3.05, 3.63) is 48.0 Å². The Morgan fingerprint density at radius 1 is 1.04 bits per heavy atom. The maximum absolute atomic E-state index is 12.5. The molecule has 2 rings (SSSR count). The third-order valence-corrected chi connectivity index (χ3v) is 2.93. The number of hydrogen-bond acceptors (Lipinski definition) is 3. The molecule has 0 atom stereocenters. The van der Waals surface area contributed by atoms with Crippen molar-refractivity contribution in [1.29, 1.82) is 0 Å². The summed E-state index contributed by atoms with van der Waals surface area (Å²) in [5.74, 6) is -1.23. The van der Waals surface area contributed by atoms with Gasteiger partial charge < -0.3 is 9.47 Å². The van der Waals surface area contributed by atoms with Crippen LogP contribution < -0.4 is 9.47 Å². The number of halogens is 5. The van der Waals surface area contributed by atoms with Crippen molar-refractivity contribution in [3.63, 3.8) is 0 Å². The minimum absolute atomic E-state index is 0.251. The van der Waals surface area contributed by atoms with Crippen LogP contribution in [0.1, 0.15) is 10.4 Å². The van der Waals surface area contributed by atoms with Crippen LogP contribution in [0.25, 0.3) is 11.1 Å². The number of carbonyl (C=O) groups excluding carboxylic acids is 1. The zero-order valence-electron chi connectivity index (χ0n) is 12.0. The summed E-state index contributed by atoms with van der Waals surface area (Å²) in [5.41, 5.74) is 0.887. The molecule has 2 aromatic rings. The van der Waals surface area contributed by atoms with E-state index in [1.54, 1.807) is 12.1 Å².